The second-order valence-electron chi connectivity index (χ2n) is 2.62. The van der Waals surface area contributed by atoms with E-state index in [2.05, 4.69) is 0 Å². The molecule has 0 aliphatic carbocycles. The van der Waals surface area contributed by atoms with Gasteiger partial charge in [0.2, 0.25) is 5.91 Å². The summed E-state index contributed by atoms with van der Waals surface area (Å²) in [5.74, 6) is 0.0716. The van der Waals surface area contributed by atoms with Gasteiger partial charge in [0.25, 0.3) is 0 Å². The molecule has 4 heteroatoms. The second kappa shape index (κ2) is 4.95. The molecule has 0 aromatic heterocycles. The van der Waals surface area contributed by atoms with Gasteiger partial charge in [-0.25, -0.2) is 0 Å². The number of hydrogen-bond acceptors (Lipinski definition) is 1. The fourth-order valence-electron chi connectivity index (χ4n) is 0.771. The zero-order chi connectivity index (χ0) is 9.02. The highest BCUT2D eigenvalue weighted by molar-refractivity contribution is 7.83. The molecule has 0 heterocycles. The zero-order valence-corrected chi connectivity index (χ0v) is 9.12. The van der Waals surface area contributed by atoms with E-state index in [1.165, 1.54) is 0 Å². The smallest absolute Gasteiger partial charge is 0.223 e. The molecule has 1 atom stereocenters. The van der Waals surface area contributed by atoms with Crippen molar-refractivity contribution in [2.45, 2.75) is 33.4 Å². The summed E-state index contributed by atoms with van der Waals surface area (Å²) in [6.07, 6.45) is 0. The second-order valence-corrected chi connectivity index (χ2v) is 5.75. The Hall–Kier alpha value is 0.190. The van der Waals surface area contributed by atoms with Crippen molar-refractivity contribution in [1.29, 1.82) is 0 Å². The van der Waals surface area contributed by atoms with Crippen molar-refractivity contribution >= 4 is 24.6 Å². The molecule has 0 radical (unpaired) electrons. The van der Waals surface area contributed by atoms with Crippen LogP contribution < -0.4 is 0 Å². The van der Waals surface area contributed by atoms with E-state index in [9.17, 15) is 4.79 Å². The standard InChI is InChI=1S/C7H15ClNOP/c1-5-9(7(4)10)11(8)6(2)3/h6H,5H2,1-4H3. The van der Waals surface area contributed by atoms with E-state index < -0.39 is 7.43 Å². The number of halogens is 1. The maximum atomic E-state index is 11.0. The van der Waals surface area contributed by atoms with E-state index >= 15 is 0 Å². The van der Waals surface area contributed by atoms with Gasteiger partial charge in [-0.2, -0.15) is 0 Å². The van der Waals surface area contributed by atoms with Gasteiger partial charge in [-0.3, -0.25) is 4.79 Å². The van der Waals surface area contributed by atoms with Crippen LogP contribution in [0.2, 0.25) is 0 Å². The molecule has 0 fully saturated rings. The van der Waals surface area contributed by atoms with Crippen molar-refractivity contribution in [3.63, 3.8) is 0 Å². The maximum Gasteiger partial charge on any atom is 0.223 e. The fraction of sp³-hybridized carbons (Fsp3) is 0.857. The molecule has 0 saturated heterocycles. The zero-order valence-electron chi connectivity index (χ0n) is 7.47. The van der Waals surface area contributed by atoms with Crippen LogP contribution in [0.1, 0.15) is 27.7 Å². The molecular formula is C7H15ClNOP. The third-order valence-electron chi connectivity index (χ3n) is 1.32. The number of carbonyl (C=O) groups excluding carboxylic acids is 1. The Kier molecular flexibility index (Phi) is 5.03. The van der Waals surface area contributed by atoms with Crippen molar-refractivity contribution in [1.82, 2.24) is 4.67 Å². The summed E-state index contributed by atoms with van der Waals surface area (Å²) in [7, 11) is -0.787. The lowest BCUT2D eigenvalue weighted by Crippen LogP contribution is -2.23. The van der Waals surface area contributed by atoms with Crippen molar-refractivity contribution in [3.8, 4) is 0 Å². The van der Waals surface area contributed by atoms with Crippen LogP contribution in [0.5, 0.6) is 0 Å². The first-order valence-corrected chi connectivity index (χ1v) is 6.00. The van der Waals surface area contributed by atoms with Gasteiger partial charge in [0.1, 0.15) is 0 Å². The van der Waals surface area contributed by atoms with Crippen LogP contribution in [0.15, 0.2) is 0 Å². The third kappa shape index (κ3) is 3.39. The van der Waals surface area contributed by atoms with Gasteiger partial charge in [-0.05, 0) is 6.92 Å². The summed E-state index contributed by atoms with van der Waals surface area (Å²) in [5.41, 5.74) is 0.371. The van der Waals surface area contributed by atoms with Crippen LogP contribution in [-0.2, 0) is 4.79 Å². The lowest BCUT2D eigenvalue weighted by molar-refractivity contribution is -0.123. The predicted molar refractivity (Wildman–Crippen MR) is 51.0 cm³/mol. The fourth-order valence-corrected chi connectivity index (χ4v) is 2.51. The lowest BCUT2D eigenvalue weighted by atomic mass is 10.6. The Balaban J connectivity index is 4.14. The summed E-state index contributed by atoms with van der Waals surface area (Å²) in [5, 5.41) is 0. The summed E-state index contributed by atoms with van der Waals surface area (Å²) in [6, 6.07) is 0. The van der Waals surface area contributed by atoms with Crippen LogP contribution in [-0.4, -0.2) is 22.8 Å². The van der Waals surface area contributed by atoms with Gasteiger partial charge in [0.15, 0.2) is 0 Å². The van der Waals surface area contributed by atoms with E-state index in [0.29, 0.717) is 12.2 Å². The first-order valence-electron chi connectivity index (χ1n) is 3.73. The van der Waals surface area contributed by atoms with Gasteiger partial charge in [-0.15, -0.1) is 0 Å². The first kappa shape index (κ1) is 11.2. The highest BCUT2D eigenvalue weighted by Crippen LogP contribution is 2.49. The largest absolute Gasteiger partial charge is 0.309 e. The molecule has 0 aromatic rings. The molecule has 0 N–H and O–H groups in total. The molecule has 1 amide bonds. The number of nitrogens with zero attached hydrogens (tertiary/aromatic N) is 1. The molecule has 11 heavy (non-hydrogen) atoms. The average molecular weight is 196 g/mol. The van der Waals surface area contributed by atoms with Crippen molar-refractivity contribution in [3.05, 3.63) is 0 Å². The first-order chi connectivity index (χ1) is 5.00. The van der Waals surface area contributed by atoms with Crippen molar-refractivity contribution < 1.29 is 4.79 Å². The minimum absolute atomic E-state index is 0.0716. The van der Waals surface area contributed by atoms with Gasteiger partial charge in [-0.1, -0.05) is 25.1 Å². The third-order valence-corrected chi connectivity index (χ3v) is 4.92. The Labute approximate surface area is 74.5 Å². The predicted octanol–water partition coefficient (Wildman–Crippen LogP) is 2.81. The molecule has 0 rings (SSSR count). The normalized spacial score (nSPS) is 13.3. The van der Waals surface area contributed by atoms with Gasteiger partial charge >= 0.3 is 0 Å². The van der Waals surface area contributed by atoms with Crippen LogP contribution in [0.25, 0.3) is 0 Å². The molecule has 2 nitrogen and oxygen atoms in total. The average Bonchev–Trinajstić information content (AvgIpc) is 1.88. The highest BCUT2D eigenvalue weighted by atomic mass is 35.7. The molecule has 1 unspecified atom stereocenters. The van der Waals surface area contributed by atoms with Gasteiger partial charge in [0.05, 0.1) is 7.43 Å². The molecule has 0 aliphatic heterocycles. The minimum Gasteiger partial charge on any atom is -0.309 e. The minimum atomic E-state index is -0.787. The molecule has 66 valence electrons. The summed E-state index contributed by atoms with van der Waals surface area (Å²) in [6.45, 7) is 8.28. The Morgan fingerprint density at radius 3 is 2.18 bits per heavy atom. The van der Waals surface area contributed by atoms with Crippen LogP contribution in [0, 0.1) is 0 Å². The quantitative estimate of drug-likeness (QED) is 0.635. The Morgan fingerprint density at radius 1 is 1.64 bits per heavy atom. The molecule has 0 aromatic carbocycles. The topological polar surface area (TPSA) is 20.3 Å². The number of amides is 1. The highest BCUT2D eigenvalue weighted by Gasteiger charge is 2.19. The van der Waals surface area contributed by atoms with Crippen LogP contribution >= 0.6 is 18.7 Å². The molecule has 0 aliphatic rings. The lowest BCUT2D eigenvalue weighted by Gasteiger charge is -2.26. The number of hydrogen-bond donors (Lipinski definition) is 0. The summed E-state index contributed by atoms with van der Waals surface area (Å²) < 4.78 is 1.72. The number of rotatable bonds is 3. The molecule has 0 saturated carbocycles. The van der Waals surface area contributed by atoms with E-state index in [1.54, 1.807) is 11.6 Å². The summed E-state index contributed by atoms with van der Waals surface area (Å²) in [4.78, 5) is 11.0. The van der Waals surface area contributed by atoms with Crippen molar-refractivity contribution in [2.24, 2.45) is 0 Å². The van der Waals surface area contributed by atoms with Gasteiger partial charge < -0.3 is 4.67 Å². The van der Waals surface area contributed by atoms with E-state index in [4.69, 9.17) is 11.2 Å². The molecule has 0 spiro atoms. The SMILES string of the molecule is CCN(C(C)=O)P(Cl)C(C)C. The summed E-state index contributed by atoms with van der Waals surface area (Å²) >= 11 is 6.05. The molecular weight excluding hydrogens is 181 g/mol. The van der Waals surface area contributed by atoms with E-state index in [0.717, 1.165) is 0 Å². The Morgan fingerprint density at radius 2 is 2.09 bits per heavy atom. The van der Waals surface area contributed by atoms with Crippen LogP contribution in [0.4, 0.5) is 0 Å². The van der Waals surface area contributed by atoms with Crippen LogP contribution in [0.3, 0.4) is 0 Å². The van der Waals surface area contributed by atoms with E-state index in [-0.39, 0.29) is 5.91 Å². The monoisotopic (exact) mass is 195 g/mol. The van der Waals surface area contributed by atoms with Gasteiger partial charge in [0, 0.05) is 19.1 Å². The van der Waals surface area contributed by atoms with E-state index in [1.807, 2.05) is 20.8 Å². The number of carbonyl (C=O) groups is 1. The van der Waals surface area contributed by atoms with Crippen molar-refractivity contribution in [2.75, 3.05) is 6.54 Å². The Bertz CT molecular complexity index is 140. The molecule has 0 bridgehead atoms. The maximum absolute atomic E-state index is 11.0.